The second-order valence-electron chi connectivity index (χ2n) is 13.3. The Labute approximate surface area is 344 Å². The van der Waals surface area contributed by atoms with Crippen molar-refractivity contribution in [1.82, 2.24) is 42.5 Å². The number of carbonyl (C=O) groups is 4. The van der Waals surface area contributed by atoms with Crippen molar-refractivity contribution in [2.24, 2.45) is 11.5 Å². The molecular formula is C37H78N10O5S3. The van der Waals surface area contributed by atoms with Gasteiger partial charge in [0.25, 0.3) is 0 Å². The molecule has 0 aliphatic heterocycles. The third kappa shape index (κ3) is 42.1. The monoisotopic (exact) mass is 839 g/mol. The van der Waals surface area contributed by atoms with Gasteiger partial charge in [0.15, 0.2) is 0 Å². The van der Waals surface area contributed by atoms with Crippen molar-refractivity contribution in [2.45, 2.75) is 89.6 Å². The Kier molecular flexibility index (Phi) is 42.7. The Balaban J connectivity index is 3.81. The molecule has 0 heterocycles. The van der Waals surface area contributed by atoms with Gasteiger partial charge in [0.05, 0.1) is 11.9 Å². The van der Waals surface area contributed by atoms with Crippen molar-refractivity contribution in [3.05, 3.63) is 0 Å². The number of amides is 4. The van der Waals surface area contributed by atoms with E-state index in [0.29, 0.717) is 63.6 Å². The van der Waals surface area contributed by atoms with Crippen molar-refractivity contribution >= 4 is 57.0 Å². The van der Waals surface area contributed by atoms with E-state index in [1.165, 1.54) is 10.8 Å². The molecule has 0 bridgehead atoms. The van der Waals surface area contributed by atoms with Gasteiger partial charge in [0.2, 0.25) is 23.6 Å². The zero-order valence-corrected chi connectivity index (χ0v) is 36.4. The predicted octanol–water partition coefficient (Wildman–Crippen LogP) is 0.928. The minimum Gasteiger partial charge on any atom is -0.367 e. The first-order valence-electron chi connectivity index (χ1n) is 20.6. The number of nitrogens with one attached hydrogen (secondary N) is 8. The van der Waals surface area contributed by atoms with Gasteiger partial charge >= 0.3 is 0 Å². The lowest BCUT2D eigenvalue weighted by Crippen LogP contribution is -2.37. The lowest BCUT2D eigenvalue weighted by Gasteiger charge is -2.19. The number of hydrogen-bond acceptors (Lipinski definition) is 14. The second-order valence-corrected chi connectivity index (χ2v) is 16.8. The predicted molar refractivity (Wildman–Crippen MR) is 235 cm³/mol. The van der Waals surface area contributed by atoms with Gasteiger partial charge in [-0.15, -0.1) is 0 Å². The first-order chi connectivity index (χ1) is 26.9. The minimum absolute atomic E-state index is 0.0192. The highest BCUT2D eigenvalue weighted by Crippen LogP contribution is 2.21. The third-order valence-electron chi connectivity index (χ3n) is 8.21. The van der Waals surface area contributed by atoms with E-state index in [0.717, 1.165) is 129 Å². The number of nitrogens with two attached hydrogens (primary N) is 2. The highest BCUT2D eigenvalue weighted by atomic mass is 33.1. The van der Waals surface area contributed by atoms with Crippen LogP contribution in [0, 0.1) is 0 Å². The number of carbonyl (C=O) groups excluding carboxylic acids is 4. The highest BCUT2D eigenvalue weighted by molar-refractivity contribution is 8.76. The van der Waals surface area contributed by atoms with Gasteiger partial charge in [-0.05, 0) is 123 Å². The van der Waals surface area contributed by atoms with Crippen LogP contribution in [-0.2, 0) is 23.9 Å². The summed E-state index contributed by atoms with van der Waals surface area (Å²) in [6, 6.07) is 0. The first-order valence-corrected chi connectivity index (χ1v) is 24.5. The smallest absolute Gasteiger partial charge is 0.246 e. The largest absolute Gasteiger partial charge is 0.367 e. The summed E-state index contributed by atoms with van der Waals surface area (Å²) in [5.74, 6) is 1.94. The zero-order valence-electron chi connectivity index (χ0n) is 33.9. The summed E-state index contributed by atoms with van der Waals surface area (Å²) in [4.78, 5) is 48.2. The van der Waals surface area contributed by atoms with Crippen LogP contribution in [0.5, 0.6) is 0 Å². The van der Waals surface area contributed by atoms with E-state index in [1.807, 2.05) is 6.26 Å². The maximum Gasteiger partial charge on any atom is 0.246 e. The molecule has 0 spiro atoms. The van der Waals surface area contributed by atoms with Crippen molar-refractivity contribution in [3.63, 3.8) is 0 Å². The molecule has 0 aromatic heterocycles. The van der Waals surface area contributed by atoms with Gasteiger partial charge in [-0.1, -0.05) is 34.4 Å². The van der Waals surface area contributed by atoms with Gasteiger partial charge in [-0.2, -0.15) is 11.8 Å². The molecule has 1 atom stereocenters. The van der Waals surface area contributed by atoms with Crippen molar-refractivity contribution in [2.75, 3.05) is 122 Å². The van der Waals surface area contributed by atoms with E-state index >= 15 is 0 Å². The standard InChI is InChI=1S/C37H78N10O5S3/c1-53-28-13-34(48)44-23-4-2-3-5-24-46-36(50)31-52-33(30-43-20-9-16-39)12-27-42-22-11-25-45-35(49)14-29-54-55-32-37(51)47-26-10-21-41-18-7-6-17-40-19-8-15-38/h33,40-43H,2-32,38-39H2,1H3,(H,44,48)(H,45,49)(H,46,50)(H,47,51). The topological polar surface area (TPSA) is 226 Å². The maximum atomic E-state index is 12.4. The summed E-state index contributed by atoms with van der Waals surface area (Å²) in [6.45, 7) is 10.8. The van der Waals surface area contributed by atoms with Gasteiger partial charge in [-0.25, -0.2) is 0 Å². The molecule has 0 fully saturated rings. The number of unbranched alkanes of at least 4 members (excludes halogenated alkanes) is 4. The number of ether oxygens (including phenoxy) is 1. The summed E-state index contributed by atoms with van der Waals surface area (Å²) < 4.78 is 5.95. The maximum absolute atomic E-state index is 12.4. The Hall–Kier alpha value is -1.35. The molecule has 0 radical (unpaired) electrons. The Morgan fingerprint density at radius 3 is 1.58 bits per heavy atom. The van der Waals surface area contributed by atoms with E-state index in [4.69, 9.17) is 16.2 Å². The van der Waals surface area contributed by atoms with Crippen LogP contribution in [0.25, 0.3) is 0 Å². The Morgan fingerprint density at radius 1 is 0.509 bits per heavy atom. The molecular weight excluding hydrogens is 761 g/mol. The lowest BCUT2D eigenvalue weighted by atomic mass is 10.2. The lowest BCUT2D eigenvalue weighted by molar-refractivity contribution is -0.127. The van der Waals surface area contributed by atoms with Crippen LogP contribution >= 0.6 is 33.3 Å². The third-order valence-corrected chi connectivity index (χ3v) is 11.1. The summed E-state index contributed by atoms with van der Waals surface area (Å²) >= 11 is 1.67. The molecule has 0 aromatic carbocycles. The molecule has 0 aliphatic carbocycles. The van der Waals surface area contributed by atoms with E-state index < -0.39 is 0 Å². The Morgan fingerprint density at radius 2 is 0.982 bits per heavy atom. The number of hydrogen-bond donors (Lipinski definition) is 10. The van der Waals surface area contributed by atoms with Crippen LogP contribution < -0.4 is 54.0 Å². The quantitative estimate of drug-likeness (QED) is 0.0305. The molecule has 4 amide bonds. The summed E-state index contributed by atoms with van der Waals surface area (Å²) in [6.07, 6.45) is 13.4. The molecule has 0 saturated carbocycles. The fraction of sp³-hybridized carbons (Fsp3) is 0.892. The van der Waals surface area contributed by atoms with Gasteiger partial charge < -0.3 is 58.7 Å². The van der Waals surface area contributed by atoms with Gasteiger partial charge in [0, 0.05) is 57.1 Å². The first kappa shape index (κ1) is 53.6. The molecule has 0 aromatic rings. The van der Waals surface area contributed by atoms with Crippen molar-refractivity contribution in [3.8, 4) is 0 Å². The number of rotatable bonds is 43. The second kappa shape index (κ2) is 43.8. The summed E-state index contributed by atoms with van der Waals surface area (Å²) in [5.41, 5.74) is 11.1. The molecule has 324 valence electrons. The average molecular weight is 839 g/mol. The van der Waals surface area contributed by atoms with Crippen LogP contribution in [0.15, 0.2) is 0 Å². The molecule has 18 heteroatoms. The SMILES string of the molecule is CSCCC(=O)NCCCCCCNC(=O)COC(CCNCCCNC(=O)CCSSCC(=O)NCCCNCCCCNCCCN)CNCCCN. The van der Waals surface area contributed by atoms with Crippen LogP contribution in [-0.4, -0.2) is 151 Å². The normalized spacial score (nSPS) is 11.7. The van der Waals surface area contributed by atoms with Gasteiger partial charge in [0.1, 0.15) is 6.61 Å². The zero-order chi connectivity index (χ0) is 40.3. The van der Waals surface area contributed by atoms with Crippen LogP contribution in [0.2, 0.25) is 0 Å². The molecule has 1 unspecified atom stereocenters. The molecule has 0 saturated heterocycles. The molecule has 0 rings (SSSR count). The molecule has 55 heavy (non-hydrogen) atoms. The van der Waals surface area contributed by atoms with Gasteiger partial charge in [-0.3, -0.25) is 19.2 Å². The fourth-order valence-corrected chi connectivity index (χ4v) is 7.24. The number of thioether (sulfide) groups is 1. The molecule has 12 N–H and O–H groups in total. The highest BCUT2D eigenvalue weighted by Gasteiger charge is 2.12. The molecule has 0 aliphatic rings. The van der Waals surface area contributed by atoms with Crippen molar-refractivity contribution < 1.29 is 23.9 Å². The Bertz CT molecular complexity index is 918. The summed E-state index contributed by atoms with van der Waals surface area (Å²) in [7, 11) is 3.03. The van der Waals surface area contributed by atoms with E-state index in [2.05, 4.69) is 42.5 Å². The fourth-order valence-electron chi connectivity index (χ4n) is 5.00. The van der Waals surface area contributed by atoms with Crippen molar-refractivity contribution in [1.29, 1.82) is 0 Å². The van der Waals surface area contributed by atoms with E-state index in [9.17, 15) is 19.2 Å². The molecule has 15 nitrogen and oxygen atoms in total. The van der Waals surface area contributed by atoms with Crippen LogP contribution in [0.4, 0.5) is 0 Å². The van der Waals surface area contributed by atoms with E-state index in [1.54, 1.807) is 22.6 Å². The van der Waals surface area contributed by atoms with E-state index in [-0.39, 0.29) is 36.3 Å². The van der Waals surface area contributed by atoms with Crippen LogP contribution in [0.3, 0.4) is 0 Å². The average Bonchev–Trinajstić information content (AvgIpc) is 3.18. The van der Waals surface area contributed by atoms with Crippen LogP contribution in [0.1, 0.15) is 83.5 Å². The summed E-state index contributed by atoms with van der Waals surface area (Å²) in [5, 5.41) is 25.4. The minimum atomic E-state index is -0.112.